The van der Waals surface area contributed by atoms with E-state index in [0.717, 1.165) is 6.26 Å². The monoisotopic (exact) mass is 312 g/mol. The van der Waals surface area contributed by atoms with Gasteiger partial charge in [-0.3, -0.25) is 4.79 Å². The highest BCUT2D eigenvalue weighted by Gasteiger charge is 2.33. The number of hydrogen-bond acceptors (Lipinski definition) is 6. The molecule has 8 heteroatoms. The molecule has 7 nitrogen and oxygen atoms in total. The number of hydrogen-bond donors (Lipinski definition) is 1. The minimum absolute atomic E-state index is 0.0766. The summed E-state index contributed by atoms with van der Waals surface area (Å²) < 4.78 is 23.9. The third-order valence-corrected chi connectivity index (χ3v) is 4.51. The predicted octanol–water partition coefficient (Wildman–Crippen LogP) is -0.648. The number of pyridine rings is 1. The number of likely N-dealkylation sites (N-methyl/N-ethyl adjacent to an activating group) is 1. The van der Waals surface area contributed by atoms with Gasteiger partial charge in [-0.1, -0.05) is 0 Å². The second kappa shape index (κ2) is 5.98. The standard InChI is InChI=1S/C13H20N4O3S/c1-16(2)13(18)10-9-14-7-8-17(10)12-11(21(3,19)20)5-4-6-15-12/h4-6,10,14H,7-9H2,1-3H3. The van der Waals surface area contributed by atoms with Crippen LogP contribution in [0.1, 0.15) is 0 Å². The van der Waals surface area contributed by atoms with Crippen LogP contribution in [0.15, 0.2) is 23.2 Å². The van der Waals surface area contributed by atoms with E-state index in [4.69, 9.17) is 0 Å². The summed E-state index contributed by atoms with van der Waals surface area (Å²) in [6, 6.07) is 2.66. The Bertz CT molecular complexity index is 630. The lowest BCUT2D eigenvalue weighted by Gasteiger charge is -2.37. The molecule has 1 unspecified atom stereocenters. The van der Waals surface area contributed by atoms with Crippen LogP contribution < -0.4 is 10.2 Å². The van der Waals surface area contributed by atoms with Crippen molar-refractivity contribution in [2.45, 2.75) is 10.9 Å². The van der Waals surface area contributed by atoms with Gasteiger partial charge in [0.05, 0.1) is 0 Å². The van der Waals surface area contributed by atoms with Gasteiger partial charge in [0.15, 0.2) is 9.84 Å². The van der Waals surface area contributed by atoms with Gasteiger partial charge in [-0.05, 0) is 12.1 Å². The highest BCUT2D eigenvalue weighted by atomic mass is 32.2. The van der Waals surface area contributed by atoms with Gasteiger partial charge in [-0.25, -0.2) is 13.4 Å². The molecule has 0 radical (unpaired) electrons. The smallest absolute Gasteiger partial charge is 0.246 e. The van der Waals surface area contributed by atoms with E-state index in [0.29, 0.717) is 25.5 Å². The summed E-state index contributed by atoms with van der Waals surface area (Å²) in [6.45, 7) is 1.68. The van der Waals surface area contributed by atoms with E-state index in [2.05, 4.69) is 10.3 Å². The van der Waals surface area contributed by atoms with Gasteiger partial charge in [0.2, 0.25) is 5.91 Å². The number of amides is 1. The van der Waals surface area contributed by atoms with Gasteiger partial charge in [0.25, 0.3) is 0 Å². The van der Waals surface area contributed by atoms with Crippen molar-refractivity contribution in [2.75, 3.05) is 44.9 Å². The SMILES string of the molecule is CN(C)C(=O)C1CNCCN1c1ncccc1S(C)(=O)=O. The van der Waals surface area contributed by atoms with Crippen molar-refractivity contribution in [1.82, 2.24) is 15.2 Å². The Kier molecular flexibility index (Phi) is 4.48. The molecule has 0 aliphatic carbocycles. The Morgan fingerprint density at radius 3 is 2.81 bits per heavy atom. The van der Waals surface area contributed by atoms with Gasteiger partial charge < -0.3 is 15.1 Å². The van der Waals surface area contributed by atoms with E-state index in [1.54, 1.807) is 31.3 Å². The zero-order chi connectivity index (χ0) is 15.6. The molecule has 1 fully saturated rings. The number of nitrogens with one attached hydrogen (secondary N) is 1. The van der Waals surface area contributed by atoms with Crippen LogP contribution in [0.2, 0.25) is 0 Å². The molecule has 1 aliphatic heterocycles. The van der Waals surface area contributed by atoms with Gasteiger partial charge >= 0.3 is 0 Å². The maximum Gasteiger partial charge on any atom is 0.246 e. The molecule has 1 N–H and O–H groups in total. The van der Waals surface area contributed by atoms with Crippen LogP contribution in [-0.4, -0.2) is 70.2 Å². The van der Waals surface area contributed by atoms with Crippen LogP contribution in [-0.2, 0) is 14.6 Å². The minimum Gasteiger partial charge on any atom is -0.347 e. The van der Waals surface area contributed by atoms with Gasteiger partial charge in [-0.2, -0.15) is 0 Å². The van der Waals surface area contributed by atoms with E-state index >= 15 is 0 Å². The van der Waals surface area contributed by atoms with Gasteiger partial charge in [0, 0.05) is 46.2 Å². The maximum absolute atomic E-state index is 12.3. The van der Waals surface area contributed by atoms with Crippen LogP contribution in [0.3, 0.4) is 0 Å². The molecule has 0 saturated carbocycles. The van der Waals surface area contributed by atoms with Crippen molar-refractivity contribution in [2.24, 2.45) is 0 Å². The number of nitrogens with zero attached hydrogens (tertiary/aromatic N) is 3. The zero-order valence-corrected chi connectivity index (χ0v) is 13.2. The molecule has 1 aromatic heterocycles. The van der Waals surface area contributed by atoms with Crippen molar-refractivity contribution >= 4 is 21.6 Å². The van der Waals surface area contributed by atoms with E-state index in [-0.39, 0.29) is 10.8 Å². The van der Waals surface area contributed by atoms with Crippen molar-refractivity contribution in [3.8, 4) is 0 Å². The average molecular weight is 312 g/mol. The van der Waals surface area contributed by atoms with Crippen LogP contribution in [0, 0.1) is 0 Å². The fourth-order valence-electron chi connectivity index (χ4n) is 2.36. The molecule has 1 aliphatic rings. The molecule has 0 bridgehead atoms. The lowest BCUT2D eigenvalue weighted by Crippen LogP contribution is -2.58. The summed E-state index contributed by atoms with van der Waals surface area (Å²) in [5.41, 5.74) is 0. The molecule has 1 aromatic rings. The Labute approximate surface area is 124 Å². The van der Waals surface area contributed by atoms with Crippen molar-refractivity contribution in [3.63, 3.8) is 0 Å². The predicted molar refractivity (Wildman–Crippen MR) is 80.0 cm³/mol. The molecule has 0 spiro atoms. The first-order chi connectivity index (χ1) is 9.82. The first-order valence-electron chi connectivity index (χ1n) is 6.66. The van der Waals surface area contributed by atoms with E-state index in [9.17, 15) is 13.2 Å². The minimum atomic E-state index is -3.40. The second-order valence-corrected chi connectivity index (χ2v) is 7.23. The molecule has 0 aromatic carbocycles. The average Bonchev–Trinajstić information content (AvgIpc) is 2.45. The third kappa shape index (κ3) is 3.33. The lowest BCUT2D eigenvalue weighted by atomic mass is 10.1. The maximum atomic E-state index is 12.3. The number of sulfone groups is 1. The molecule has 21 heavy (non-hydrogen) atoms. The fraction of sp³-hybridized carbons (Fsp3) is 0.538. The van der Waals surface area contributed by atoms with E-state index < -0.39 is 15.9 Å². The first-order valence-corrected chi connectivity index (χ1v) is 8.55. The lowest BCUT2D eigenvalue weighted by molar-refractivity contribution is -0.130. The van der Waals surface area contributed by atoms with Gasteiger partial charge in [-0.15, -0.1) is 0 Å². The van der Waals surface area contributed by atoms with Gasteiger partial charge in [0.1, 0.15) is 16.8 Å². The normalized spacial score (nSPS) is 19.4. The molecular weight excluding hydrogens is 292 g/mol. The molecule has 1 atom stereocenters. The number of anilines is 1. The van der Waals surface area contributed by atoms with Crippen LogP contribution in [0.5, 0.6) is 0 Å². The van der Waals surface area contributed by atoms with Crippen molar-refractivity contribution < 1.29 is 13.2 Å². The quantitative estimate of drug-likeness (QED) is 0.799. The summed E-state index contributed by atoms with van der Waals surface area (Å²) in [7, 11) is -0.0306. The largest absolute Gasteiger partial charge is 0.347 e. The van der Waals surface area contributed by atoms with E-state index in [1.165, 1.54) is 11.0 Å². The second-order valence-electron chi connectivity index (χ2n) is 5.24. The number of aromatic nitrogens is 1. The summed E-state index contributed by atoms with van der Waals surface area (Å²) in [5.74, 6) is 0.272. The molecular formula is C13H20N4O3S. The topological polar surface area (TPSA) is 82.6 Å². The summed E-state index contributed by atoms with van der Waals surface area (Å²) >= 11 is 0. The number of rotatable bonds is 3. The fourth-order valence-corrected chi connectivity index (χ4v) is 3.19. The number of piperazine rings is 1. The highest BCUT2D eigenvalue weighted by molar-refractivity contribution is 7.90. The summed E-state index contributed by atoms with van der Waals surface area (Å²) in [5, 5.41) is 3.16. The third-order valence-electron chi connectivity index (χ3n) is 3.39. The van der Waals surface area contributed by atoms with Crippen LogP contribution >= 0.6 is 0 Å². The van der Waals surface area contributed by atoms with Crippen molar-refractivity contribution in [3.05, 3.63) is 18.3 Å². The Balaban J connectivity index is 2.46. The molecule has 2 rings (SSSR count). The first kappa shape index (κ1) is 15.7. The Morgan fingerprint density at radius 1 is 1.48 bits per heavy atom. The Hall–Kier alpha value is -1.67. The van der Waals surface area contributed by atoms with E-state index in [1.807, 2.05) is 0 Å². The zero-order valence-electron chi connectivity index (χ0n) is 12.4. The molecule has 1 saturated heterocycles. The van der Waals surface area contributed by atoms with Crippen LogP contribution in [0.25, 0.3) is 0 Å². The van der Waals surface area contributed by atoms with Crippen molar-refractivity contribution in [1.29, 1.82) is 0 Å². The Morgan fingerprint density at radius 2 is 2.19 bits per heavy atom. The van der Waals surface area contributed by atoms with Crippen LogP contribution in [0.4, 0.5) is 5.82 Å². The summed E-state index contributed by atoms with van der Waals surface area (Å²) in [6.07, 6.45) is 2.70. The number of carbonyl (C=O) groups is 1. The summed E-state index contributed by atoms with van der Waals surface area (Å²) in [4.78, 5) is 20.0. The highest BCUT2D eigenvalue weighted by Crippen LogP contribution is 2.25. The molecule has 116 valence electrons. The molecule has 2 heterocycles. The molecule has 1 amide bonds. The number of carbonyl (C=O) groups excluding carboxylic acids is 1.